The van der Waals surface area contributed by atoms with Crippen LogP contribution >= 0.6 is 7.80 Å². The summed E-state index contributed by atoms with van der Waals surface area (Å²) in [6, 6.07) is -0.324. The van der Waals surface area contributed by atoms with Crippen LogP contribution in [0, 0.1) is 5.92 Å². The highest BCUT2D eigenvalue weighted by molar-refractivity contribution is 7.44. The van der Waals surface area contributed by atoms with Gasteiger partial charge in [0.2, 0.25) is 11.8 Å². The second kappa shape index (κ2) is 10.8. The summed E-state index contributed by atoms with van der Waals surface area (Å²) >= 11 is 0. The van der Waals surface area contributed by atoms with Crippen molar-refractivity contribution in [1.29, 1.82) is 0 Å². The minimum Gasteiger partial charge on any atom is -0.483 e. The number of methoxy groups -OCH3 is 2. The monoisotopic (exact) mass is 346 g/mol. The maximum absolute atomic E-state index is 12.1. The third kappa shape index (κ3) is 6.64. The van der Waals surface area contributed by atoms with Crippen LogP contribution in [0.5, 0.6) is 0 Å². The highest BCUT2D eigenvalue weighted by atomic mass is 31.1. The van der Waals surface area contributed by atoms with E-state index in [4.69, 9.17) is 14.2 Å². The SMILES string of the molecule is CCCCOC[PH](=O)CC[C@@H]1N=C(OC)[C@@H](C(C)C)N=C1OC. The Kier molecular flexibility index (Phi) is 9.49. The van der Waals surface area contributed by atoms with E-state index in [-0.39, 0.29) is 18.0 Å². The molecular weight excluding hydrogens is 315 g/mol. The van der Waals surface area contributed by atoms with E-state index in [1.807, 2.05) is 0 Å². The van der Waals surface area contributed by atoms with Crippen molar-refractivity contribution in [1.82, 2.24) is 0 Å². The van der Waals surface area contributed by atoms with E-state index in [2.05, 4.69) is 30.8 Å². The van der Waals surface area contributed by atoms with Gasteiger partial charge in [0.05, 0.1) is 20.6 Å². The number of nitrogens with zero attached hydrogens (tertiary/aromatic N) is 2. The number of hydrogen-bond acceptors (Lipinski definition) is 6. The standard InChI is InChI=1S/C16H31N2O4P/c1-6-7-9-22-11-23(19)10-8-13-15(20-4)18-14(12(2)3)16(17-13)21-5/h12-14,23H,6-11H2,1-5H3/t13-,14+/m0/s1. The number of unbranched alkanes of at least 4 members (excludes halogenated alkanes) is 1. The van der Waals surface area contributed by atoms with Gasteiger partial charge in [0, 0.05) is 12.8 Å². The molecule has 3 atom stereocenters. The molecule has 0 radical (unpaired) electrons. The Balaban J connectivity index is 2.56. The Morgan fingerprint density at radius 3 is 2.43 bits per heavy atom. The van der Waals surface area contributed by atoms with Gasteiger partial charge in [-0.15, -0.1) is 0 Å². The fourth-order valence-corrected chi connectivity index (χ4v) is 3.46. The number of ether oxygens (including phenoxy) is 3. The van der Waals surface area contributed by atoms with E-state index >= 15 is 0 Å². The lowest BCUT2D eigenvalue weighted by Gasteiger charge is -2.27. The van der Waals surface area contributed by atoms with Gasteiger partial charge in [-0.1, -0.05) is 27.2 Å². The first kappa shape index (κ1) is 20.2. The molecule has 1 aliphatic heterocycles. The molecule has 1 rings (SSSR count). The van der Waals surface area contributed by atoms with Crippen LogP contribution < -0.4 is 0 Å². The third-order valence-corrected chi connectivity index (χ3v) is 5.11. The molecule has 0 aliphatic carbocycles. The van der Waals surface area contributed by atoms with Crippen LogP contribution in [0.25, 0.3) is 0 Å². The Morgan fingerprint density at radius 2 is 1.87 bits per heavy atom. The number of rotatable bonds is 9. The van der Waals surface area contributed by atoms with Gasteiger partial charge in [0.1, 0.15) is 19.9 Å². The summed E-state index contributed by atoms with van der Waals surface area (Å²) in [4.78, 5) is 9.23. The number of hydrogen-bond donors (Lipinski definition) is 0. The molecule has 0 fully saturated rings. The summed E-state index contributed by atoms with van der Waals surface area (Å²) in [5.41, 5.74) is 0. The molecule has 23 heavy (non-hydrogen) atoms. The molecule has 6 nitrogen and oxygen atoms in total. The molecule has 134 valence electrons. The van der Waals surface area contributed by atoms with E-state index in [1.165, 1.54) is 0 Å². The summed E-state index contributed by atoms with van der Waals surface area (Å²) in [6.07, 6.45) is 3.67. The smallest absolute Gasteiger partial charge is 0.209 e. The van der Waals surface area contributed by atoms with Gasteiger partial charge in [-0.25, -0.2) is 9.98 Å². The maximum Gasteiger partial charge on any atom is 0.209 e. The maximum atomic E-state index is 12.1. The van der Waals surface area contributed by atoms with Crippen LogP contribution in [0.1, 0.15) is 40.0 Å². The predicted octanol–water partition coefficient (Wildman–Crippen LogP) is 3.21. The average Bonchev–Trinajstić information content (AvgIpc) is 2.55. The van der Waals surface area contributed by atoms with Crippen LogP contribution in [0.4, 0.5) is 0 Å². The lowest BCUT2D eigenvalue weighted by molar-refractivity contribution is 0.174. The van der Waals surface area contributed by atoms with E-state index in [1.54, 1.807) is 14.2 Å². The second-order valence-corrected chi connectivity index (χ2v) is 7.90. The van der Waals surface area contributed by atoms with Gasteiger partial charge in [-0.2, -0.15) is 0 Å². The lowest BCUT2D eigenvalue weighted by atomic mass is 10.0. The highest BCUT2D eigenvalue weighted by Gasteiger charge is 2.30. The lowest BCUT2D eigenvalue weighted by Crippen LogP contribution is -2.37. The Hall–Kier alpha value is -0.870. The summed E-state index contributed by atoms with van der Waals surface area (Å²) < 4.78 is 28.3. The van der Waals surface area contributed by atoms with Crippen LogP contribution in [0.15, 0.2) is 9.98 Å². The molecule has 1 unspecified atom stereocenters. The van der Waals surface area contributed by atoms with E-state index < -0.39 is 7.80 Å². The third-order valence-electron chi connectivity index (χ3n) is 3.74. The molecule has 1 heterocycles. The molecule has 1 aliphatic rings. The summed E-state index contributed by atoms with van der Waals surface area (Å²) in [5, 5.41) is 0. The van der Waals surface area contributed by atoms with Gasteiger partial charge < -0.3 is 18.8 Å². The van der Waals surface area contributed by atoms with Crippen molar-refractivity contribution in [3.05, 3.63) is 0 Å². The first-order valence-electron chi connectivity index (χ1n) is 8.36. The molecule has 0 aromatic heterocycles. The molecular formula is C16H31N2O4P. The quantitative estimate of drug-likeness (QED) is 0.475. The molecule has 7 heteroatoms. The average molecular weight is 346 g/mol. The van der Waals surface area contributed by atoms with Crippen molar-refractivity contribution >= 4 is 19.6 Å². The van der Waals surface area contributed by atoms with Crippen molar-refractivity contribution < 1.29 is 18.8 Å². The number of aliphatic imine (C=N–C) groups is 2. The molecule has 0 saturated heterocycles. The van der Waals surface area contributed by atoms with Gasteiger partial charge in [0.15, 0.2) is 0 Å². The molecule has 0 aromatic rings. The Morgan fingerprint density at radius 1 is 1.17 bits per heavy atom. The van der Waals surface area contributed by atoms with Gasteiger partial charge >= 0.3 is 0 Å². The van der Waals surface area contributed by atoms with E-state index in [9.17, 15) is 4.57 Å². The molecule has 0 spiro atoms. The Labute approximate surface area is 140 Å². The summed E-state index contributed by atoms with van der Waals surface area (Å²) in [6.45, 7) is 6.94. The van der Waals surface area contributed by atoms with Crippen molar-refractivity contribution in [2.45, 2.75) is 52.1 Å². The molecule has 0 saturated carbocycles. The first-order valence-corrected chi connectivity index (χ1v) is 10.2. The summed E-state index contributed by atoms with van der Waals surface area (Å²) in [5.74, 6) is 1.52. The van der Waals surface area contributed by atoms with Crippen LogP contribution in [0.3, 0.4) is 0 Å². The molecule has 0 amide bonds. The summed E-state index contributed by atoms with van der Waals surface area (Å²) in [7, 11) is 1.47. The van der Waals surface area contributed by atoms with E-state index in [0.29, 0.717) is 37.3 Å². The molecule has 0 aromatic carbocycles. The predicted molar refractivity (Wildman–Crippen MR) is 95.5 cm³/mol. The second-order valence-electron chi connectivity index (χ2n) is 6.03. The van der Waals surface area contributed by atoms with Crippen LogP contribution in [0.2, 0.25) is 0 Å². The normalized spacial score (nSPS) is 22.5. The van der Waals surface area contributed by atoms with Gasteiger partial charge in [-0.3, -0.25) is 0 Å². The largest absolute Gasteiger partial charge is 0.483 e. The minimum atomic E-state index is -1.75. The van der Waals surface area contributed by atoms with Crippen molar-refractivity contribution in [3.63, 3.8) is 0 Å². The zero-order valence-corrected chi connectivity index (χ0v) is 16.0. The van der Waals surface area contributed by atoms with Crippen LogP contribution in [-0.2, 0) is 18.8 Å². The molecule has 0 N–H and O–H groups in total. The highest BCUT2D eigenvalue weighted by Crippen LogP contribution is 2.26. The van der Waals surface area contributed by atoms with Crippen LogP contribution in [-0.4, -0.2) is 57.2 Å². The van der Waals surface area contributed by atoms with Crippen molar-refractivity contribution in [2.75, 3.05) is 33.3 Å². The Bertz CT molecular complexity index is 438. The van der Waals surface area contributed by atoms with E-state index in [0.717, 1.165) is 12.8 Å². The van der Waals surface area contributed by atoms with Gasteiger partial charge in [0.25, 0.3) is 0 Å². The molecule has 0 bridgehead atoms. The first-order chi connectivity index (χ1) is 11.0. The van der Waals surface area contributed by atoms with Crippen molar-refractivity contribution in [3.8, 4) is 0 Å². The topological polar surface area (TPSA) is 69.5 Å². The fraction of sp³-hybridized carbons (Fsp3) is 0.875. The zero-order chi connectivity index (χ0) is 17.2. The fourth-order valence-electron chi connectivity index (χ4n) is 2.35. The van der Waals surface area contributed by atoms with Crippen molar-refractivity contribution in [2.24, 2.45) is 15.9 Å². The zero-order valence-electron chi connectivity index (χ0n) is 15.0. The minimum absolute atomic E-state index is 0.111. The van der Waals surface area contributed by atoms with Gasteiger partial charge in [-0.05, 0) is 18.8 Å².